The van der Waals surface area contributed by atoms with Gasteiger partial charge in [-0.3, -0.25) is 14.4 Å². The van der Waals surface area contributed by atoms with Crippen molar-refractivity contribution in [3.63, 3.8) is 0 Å². The van der Waals surface area contributed by atoms with Gasteiger partial charge >= 0.3 is 0 Å². The molecule has 0 spiro atoms. The highest BCUT2D eigenvalue weighted by molar-refractivity contribution is 6.31. The van der Waals surface area contributed by atoms with Crippen molar-refractivity contribution < 1.29 is 14.4 Å². The van der Waals surface area contributed by atoms with Crippen LogP contribution in [0.1, 0.15) is 24.2 Å². The summed E-state index contributed by atoms with van der Waals surface area (Å²) in [4.78, 5) is 35.4. The highest BCUT2D eigenvalue weighted by Crippen LogP contribution is 2.20. The van der Waals surface area contributed by atoms with Crippen LogP contribution in [0.2, 0.25) is 5.02 Å². The molecule has 0 aliphatic heterocycles. The minimum atomic E-state index is -0.681. The van der Waals surface area contributed by atoms with E-state index in [0.29, 0.717) is 10.7 Å². The minimum Gasteiger partial charge on any atom is -0.355 e. The summed E-state index contributed by atoms with van der Waals surface area (Å²) in [6, 6.07) is 3.84. The van der Waals surface area contributed by atoms with Crippen molar-refractivity contribution in [3.05, 3.63) is 28.8 Å². The van der Waals surface area contributed by atoms with E-state index in [2.05, 4.69) is 16.0 Å². The largest absolute Gasteiger partial charge is 0.355 e. The standard InChI is InChI=1S/C15H21ClN4O3/c1-8(2)13(17)15(23)19-7-12(21)20-11-5-4-9(16)6-10(11)14(22)18-3/h4-6,8,13H,7,17H2,1-3H3,(H,18,22)(H,19,23)(H,20,21)/t13-/m0/s1. The summed E-state index contributed by atoms with van der Waals surface area (Å²) in [5.74, 6) is -1.29. The lowest BCUT2D eigenvalue weighted by atomic mass is 10.1. The Hall–Kier alpha value is -2.12. The number of carbonyl (C=O) groups excluding carboxylic acids is 3. The smallest absolute Gasteiger partial charge is 0.253 e. The van der Waals surface area contributed by atoms with Gasteiger partial charge < -0.3 is 21.7 Å². The van der Waals surface area contributed by atoms with Crippen LogP contribution in [0.5, 0.6) is 0 Å². The molecule has 5 N–H and O–H groups in total. The molecule has 0 aliphatic carbocycles. The first kappa shape index (κ1) is 18.9. The normalized spacial score (nSPS) is 11.7. The highest BCUT2D eigenvalue weighted by Gasteiger charge is 2.18. The average Bonchev–Trinajstić information content (AvgIpc) is 2.52. The van der Waals surface area contributed by atoms with Gasteiger partial charge in [0.15, 0.2) is 0 Å². The molecule has 0 unspecified atom stereocenters. The van der Waals surface area contributed by atoms with Gasteiger partial charge in [0.1, 0.15) is 0 Å². The predicted molar refractivity (Wildman–Crippen MR) is 89.3 cm³/mol. The van der Waals surface area contributed by atoms with Gasteiger partial charge in [0.05, 0.1) is 23.8 Å². The van der Waals surface area contributed by atoms with Crippen molar-refractivity contribution in [1.82, 2.24) is 10.6 Å². The second-order valence-electron chi connectivity index (χ2n) is 5.30. The Labute approximate surface area is 139 Å². The highest BCUT2D eigenvalue weighted by atomic mass is 35.5. The zero-order valence-corrected chi connectivity index (χ0v) is 14.0. The predicted octanol–water partition coefficient (Wildman–Crippen LogP) is 0.738. The monoisotopic (exact) mass is 340 g/mol. The molecule has 1 aromatic rings. The molecule has 1 aromatic carbocycles. The first-order valence-electron chi connectivity index (χ1n) is 7.11. The number of nitrogens with two attached hydrogens (primary N) is 1. The molecular weight excluding hydrogens is 320 g/mol. The van der Waals surface area contributed by atoms with Gasteiger partial charge in [0.2, 0.25) is 11.8 Å². The Bertz CT molecular complexity index is 604. The lowest BCUT2D eigenvalue weighted by Crippen LogP contribution is -2.46. The van der Waals surface area contributed by atoms with Gasteiger partial charge in [-0.05, 0) is 24.1 Å². The number of anilines is 1. The van der Waals surface area contributed by atoms with E-state index in [0.717, 1.165) is 0 Å². The molecule has 7 nitrogen and oxygen atoms in total. The van der Waals surface area contributed by atoms with E-state index < -0.39 is 17.9 Å². The molecule has 126 valence electrons. The average molecular weight is 341 g/mol. The molecule has 3 amide bonds. The molecular formula is C15H21ClN4O3. The molecule has 0 radical (unpaired) electrons. The third-order valence-electron chi connectivity index (χ3n) is 3.17. The molecule has 23 heavy (non-hydrogen) atoms. The van der Waals surface area contributed by atoms with Gasteiger partial charge in [0, 0.05) is 12.1 Å². The molecule has 0 fully saturated rings. The molecule has 1 atom stereocenters. The second kappa shape index (κ2) is 8.50. The first-order chi connectivity index (χ1) is 10.8. The van der Waals surface area contributed by atoms with E-state index in [1.807, 2.05) is 13.8 Å². The summed E-state index contributed by atoms with van der Waals surface area (Å²) >= 11 is 5.86. The lowest BCUT2D eigenvalue weighted by Gasteiger charge is -2.15. The summed E-state index contributed by atoms with van der Waals surface area (Å²) in [6.45, 7) is 3.39. The number of hydrogen-bond acceptors (Lipinski definition) is 4. The zero-order chi connectivity index (χ0) is 17.6. The summed E-state index contributed by atoms with van der Waals surface area (Å²) in [5.41, 5.74) is 6.23. The second-order valence-corrected chi connectivity index (χ2v) is 5.74. The van der Waals surface area contributed by atoms with E-state index in [1.54, 1.807) is 6.07 Å². The van der Waals surface area contributed by atoms with Crippen molar-refractivity contribution in [2.24, 2.45) is 11.7 Å². The van der Waals surface area contributed by atoms with E-state index in [1.165, 1.54) is 19.2 Å². The van der Waals surface area contributed by atoms with Crippen molar-refractivity contribution in [2.45, 2.75) is 19.9 Å². The summed E-state index contributed by atoms with van der Waals surface area (Å²) in [5, 5.41) is 7.86. The van der Waals surface area contributed by atoms with Gasteiger partial charge in [-0.25, -0.2) is 0 Å². The topological polar surface area (TPSA) is 113 Å². The van der Waals surface area contributed by atoms with Crippen molar-refractivity contribution in [1.29, 1.82) is 0 Å². The lowest BCUT2D eigenvalue weighted by molar-refractivity contribution is -0.125. The SMILES string of the molecule is CNC(=O)c1cc(Cl)ccc1NC(=O)CNC(=O)[C@@H](N)C(C)C. The van der Waals surface area contributed by atoms with Crippen LogP contribution in [0.3, 0.4) is 0 Å². The molecule has 0 aromatic heterocycles. The van der Waals surface area contributed by atoms with Gasteiger partial charge in [-0.2, -0.15) is 0 Å². The van der Waals surface area contributed by atoms with Crippen molar-refractivity contribution in [2.75, 3.05) is 18.9 Å². The zero-order valence-electron chi connectivity index (χ0n) is 13.3. The van der Waals surface area contributed by atoms with Crippen LogP contribution < -0.4 is 21.7 Å². The van der Waals surface area contributed by atoms with E-state index in [4.69, 9.17) is 17.3 Å². The van der Waals surface area contributed by atoms with Crippen LogP contribution in [0.25, 0.3) is 0 Å². The van der Waals surface area contributed by atoms with Crippen LogP contribution >= 0.6 is 11.6 Å². The first-order valence-corrected chi connectivity index (χ1v) is 7.48. The summed E-state index contributed by atoms with van der Waals surface area (Å²) < 4.78 is 0. The fraction of sp³-hybridized carbons (Fsp3) is 0.400. The number of amides is 3. The third kappa shape index (κ3) is 5.54. The molecule has 0 bridgehead atoms. The van der Waals surface area contributed by atoms with Gasteiger partial charge in [-0.1, -0.05) is 25.4 Å². The van der Waals surface area contributed by atoms with Crippen LogP contribution in [0.4, 0.5) is 5.69 Å². The van der Waals surface area contributed by atoms with E-state index in [-0.39, 0.29) is 23.9 Å². The molecule has 0 saturated heterocycles. The number of carbonyl (C=O) groups is 3. The number of rotatable bonds is 6. The van der Waals surface area contributed by atoms with Crippen LogP contribution in [0.15, 0.2) is 18.2 Å². The number of benzene rings is 1. The Morgan fingerprint density at radius 2 is 1.91 bits per heavy atom. The fourth-order valence-corrected chi connectivity index (χ4v) is 1.90. The molecule has 8 heteroatoms. The van der Waals surface area contributed by atoms with Gasteiger partial charge in [-0.15, -0.1) is 0 Å². The van der Waals surface area contributed by atoms with Crippen LogP contribution in [-0.2, 0) is 9.59 Å². The fourth-order valence-electron chi connectivity index (χ4n) is 1.73. The van der Waals surface area contributed by atoms with Crippen molar-refractivity contribution >= 4 is 35.0 Å². The Morgan fingerprint density at radius 1 is 1.26 bits per heavy atom. The van der Waals surface area contributed by atoms with Crippen LogP contribution in [0, 0.1) is 5.92 Å². The van der Waals surface area contributed by atoms with Gasteiger partial charge in [0.25, 0.3) is 5.91 Å². The number of hydrogen-bond donors (Lipinski definition) is 4. The molecule has 0 saturated carbocycles. The van der Waals surface area contributed by atoms with Crippen LogP contribution in [-0.4, -0.2) is 37.4 Å². The Kier molecular flexibility index (Phi) is 6.99. The van der Waals surface area contributed by atoms with Crippen molar-refractivity contribution in [3.8, 4) is 0 Å². The summed E-state index contributed by atoms with van der Waals surface area (Å²) in [7, 11) is 1.47. The molecule has 1 rings (SSSR count). The minimum absolute atomic E-state index is 0.0332. The maximum atomic E-state index is 11.9. The number of halogens is 1. The quantitative estimate of drug-likeness (QED) is 0.611. The Balaban J connectivity index is 2.71. The molecule has 0 aliphatic rings. The van der Waals surface area contributed by atoms with E-state index >= 15 is 0 Å². The molecule has 0 heterocycles. The maximum Gasteiger partial charge on any atom is 0.253 e. The van der Waals surface area contributed by atoms with E-state index in [9.17, 15) is 14.4 Å². The summed E-state index contributed by atoms with van der Waals surface area (Å²) in [6.07, 6.45) is 0. The Morgan fingerprint density at radius 3 is 2.48 bits per heavy atom. The number of nitrogens with one attached hydrogen (secondary N) is 3. The third-order valence-corrected chi connectivity index (χ3v) is 3.41. The maximum absolute atomic E-state index is 11.9.